The normalized spacial score (nSPS) is 13.3. The van der Waals surface area contributed by atoms with Crippen molar-refractivity contribution < 1.29 is 4.79 Å². The SMILES string of the molecule is O=C(NCCC(c1ccccc1)c1ccccc1)N(Cc1ccccn1)C1CC1. The molecule has 3 aromatic rings. The summed E-state index contributed by atoms with van der Waals surface area (Å²) in [5.41, 5.74) is 3.49. The van der Waals surface area contributed by atoms with Crippen LogP contribution in [0.1, 0.15) is 42.0 Å². The summed E-state index contributed by atoms with van der Waals surface area (Å²) in [6, 6.07) is 27.2. The molecule has 1 heterocycles. The number of amides is 2. The van der Waals surface area contributed by atoms with Crippen molar-refractivity contribution in [3.8, 4) is 0 Å². The highest BCUT2D eigenvalue weighted by molar-refractivity contribution is 5.74. The molecule has 0 spiro atoms. The van der Waals surface area contributed by atoms with Crippen LogP contribution in [0.2, 0.25) is 0 Å². The summed E-state index contributed by atoms with van der Waals surface area (Å²) in [7, 11) is 0. The van der Waals surface area contributed by atoms with E-state index in [1.54, 1.807) is 6.20 Å². The summed E-state index contributed by atoms with van der Waals surface area (Å²) in [5.74, 6) is 0.267. The van der Waals surface area contributed by atoms with E-state index in [2.05, 4.69) is 58.8 Å². The number of carbonyl (C=O) groups excluding carboxylic acids is 1. The van der Waals surface area contributed by atoms with Gasteiger partial charge in [0.2, 0.25) is 0 Å². The van der Waals surface area contributed by atoms with Crippen molar-refractivity contribution in [2.24, 2.45) is 0 Å². The first-order valence-corrected chi connectivity index (χ1v) is 10.4. The first-order chi connectivity index (χ1) is 14.3. The second kappa shape index (κ2) is 9.37. The van der Waals surface area contributed by atoms with Crippen LogP contribution in [0, 0.1) is 0 Å². The highest BCUT2D eigenvalue weighted by atomic mass is 16.2. The van der Waals surface area contributed by atoms with E-state index in [1.807, 2.05) is 35.2 Å². The van der Waals surface area contributed by atoms with Gasteiger partial charge in [-0.05, 0) is 42.5 Å². The standard InChI is InChI=1S/C25H27N3O/c29-25(28(23-14-15-23)19-22-13-7-8-17-26-22)27-18-16-24(20-9-3-1-4-10-20)21-11-5-2-6-12-21/h1-13,17,23-24H,14-16,18-19H2,(H,27,29). The number of hydrogen-bond donors (Lipinski definition) is 1. The number of benzene rings is 2. The zero-order chi connectivity index (χ0) is 19.9. The fourth-order valence-electron chi connectivity index (χ4n) is 3.74. The zero-order valence-corrected chi connectivity index (χ0v) is 16.6. The molecule has 2 aromatic carbocycles. The van der Waals surface area contributed by atoms with Crippen molar-refractivity contribution in [3.63, 3.8) is 0 Å². The molecule has 0 aliphatic heterocycles. The Labute approximate surface area is 172 Å². The Kier molecular flexibility index (Phi) is 6.20. The lowest BCUT2D eigenvalue weighted by Crippen LogP contribution is -2.41. The van der Waals surface area contributed by atoms with E-state index in [1.165, 1.54) is 11.1 Å². The maximum Gasteiger partial charge on any atom is 0.318 e. The second-order valence-electron chi connectivity index (χ2n) is 7.57. The molecule has 29 heavy (non-hydrogen) atoms. The van der Waals surface area contributed by atoms with Crippen molar-refractivity contribution >= 4 is 6.03 Å². The average Bonchev–Trinajstić information content (AvgIpc) is 3.62. The molecule has 0 radical (unpaired) electrons. The van der Waals surface area contributed by atoms with Crippen LogP contribution in [0.3, 0.4) is 0 Å². The molecule has 1 saturated carbocycles. The fraction of sp³-hybridized carbons (Fsp3) is 0.280. The average molecular weight is 386 g/mol. The maximum absolute atomic E-state index is 12.9. The molecule has 4 heteroatoms. The Morgan fingerprint density at radius 2 is 1.55 bits per heavy atom. The monoisotopic (exact) mass is 385 g/mol. The predicted octanol–water partition coefficient (Wildman–Crippen LogP) is 4.98. The Morgan fingerprint density at radius 1 is 0.931 bits per heavy atom. The van der Waals surface area contributed by atoms with Gasteiger partial charge in [-0.15, -0.1) is 0 Å². The molecule has 1 fully saturated rings. The topological polar surface area (TPSA) is 45.2 Å². The first kappa shape index (κ1) is 19.2. The van der Waals surface area contributed by atoms with E-state index >= 15 is 0 Å². The number of urea groups is 1. The van der Waals surface area contributed by atoms with E-state index in [4.69, 9.17) is 0 Å². The summed E-state index contributed by atoms with van der Waals surface area (Å²) in [6.07, 6.45) is 4.80. The molecule has 1 aliphatic rings. The Hall–Kier alpha value is -3.14. The molecule has 2 amide bonds. The summed E-state index contributed by atoms with van der Waals surface area (Å²) < 4.78 is 0. The van der Waals surface area contributed by atoms with Gasteiger partial charge in [0, 0.05) is 24.7 Å². The molecule has 0 saturated heterocycles. The fourth-order valence-corrected chi connectivity index (χ4v) is 3.74. The van der Waals surface area contributed by atoms with Crippen molar-refractivity contribution in [2.75, 3.05) is 6.54 Å². The third-order valence-corrected chi connectivity index (χ3v) is 5.42. The van der Waals surface area contributed by atoms with Crippen molar-refractivity contribution in [2.45, 2.75) is 37.8 Å². The van der Waals surface area contributed by atoms with E-state index < -0.39 is 0 Å². The first-order valence-electron chi connectivity index (χ1n) is 10.4. The lowest BCUT2D eigenvalue weighted by Gasteiger charge is -2.24. The number of nitrogens with one attached hydrogen (secondary N) is 1. The molecule has 1 aliphatic carbocycles. The second-order valence-corrected chi connectivity index (χ2v) is 7.57. The van der Waals surface area contributed by atoms with Gasteiger partial charge in [0.15, 0.2) is 0 Å². The van der Waals surface area contributed by atoms with Gasteiger partial charge in [0.05, 0.1) is 12.2 Å². The molecule has 148 valence electrons. The Morgan fingerprint density at radius 3 is 2.10 bits per heavy atom. The summed E-state index contributed by atoms with van der Waals surface area (Å²) in [5, 5.41) is 3.15. The minimum absolute atomic E-state index is 0.0121. The van der Waals surface area contributed by atoms with Crippen LogP contribution < -0.4 is 5.32 Å². The minimum Gasteiger partial charge on any atom is -0.338 e. The molecule has 0 atom stereocenters. The molecule has 4 nitrogen and oxygen atoms in total. The van der Waals surface area contributed by atoms with Gasteiger partial charge < -0.3 is 10.2 Å². The van der Waals surface area contributed by atoms with Gasteiger partial charge in [-0.25, -0.2) is 4.79 Å². The summed E-state index contributed by atoms with van der Waals surface area (Å²) in [4.78, 5) is 19.2. The van der Waals surface area contributed by atoms with E-state index in [0.717, 1.165) is 25.0 Å². The zero-order valence-electron chi connectivity index (χ0n) is 16.6. The largest absolute Gasteiger partial charge is 0.338 e. The maximum atomic E-state index is 12.9. The van der Waals surface area contributed by atoms with E-state index in [0.29, 0.717) is 19.1 Å². The molecule has 0 bridgehead atoms. The predicted molar refractivity (Wildman–Crippen MR) is 116 cm³/mol. The van der Waals surface area contributed by atoms with Gasteiger partial charge in [-0.3, -0.25) is 4.98 Å². The van der Waals surface area contributed by atoms with Crippen LogP contribution in [0.5, 0.6) is 0 Å². The molecule has 1 N–H and O–H groups in total. The van der Waals surface area contributed by atoms with Gasteiger partial charge in [-0.2, -0.15) is 0 Å². The van der Waals surface area contributed by atoms with Crippen LogP contribution >= 0.6 is 0 Å². The van der Waals surface area contributed by atoms with Crippen LogP contribution in [0.4, 0.5) is 4.79 Å². The molecular formula is C25H27N3O. The van der Waals surface area contributed by atoms with Gasteiger partial charge in [0.25, 0.3) is 0 Å². The van der Waals surface area contributed by atoms with Crippen LogP contribution in [-0.2, 0) is 6.54 Å². The Bertz CT molecular complexity index is 856. The molecule has 0 unspecified atom stereocenters. The highest BCUT2D eigenvalue weighted by Gasteiger charge is 2.32. The van der Waals surface area contributed by atoms with Crippen molar-refractivity contribution in [1.29, 1.82) is 0 Å². The van der Waals surface area contributed by atoms with Gasteiger partial charge in [-0.1, -0.05) is 66.7 Å². The van der Waals surface area contributed by atoms with E-state index in [-0.39, 0.29) is 11.9 Å². The number of hydrogen-bond acceptors (Lipinski definition) is 2. The smallest absolute Gasteiger partial charge is 0.318 e. The summed E-state index contributed by atoms with van der Waals surface area (Å²) in [6.45, 7) is 1.21. The summed E-state index contributed by atoms with van der Waals surface area (Å²) >= 11 is 0. The number of carbonyl (C=O) groups is 1. The van der Waals surface area contributed by atoms with Crippen molar-refractivity contribution in [3.05, 3.63) is 102 Å². The number of aromatic nitrogens is 1. The lowest BCUT2D eigenvalue weighted by atomic mass is 9.88. The van der Waals surface area contributed by atoms with E-state index in [9.17, 15) is 4.79 Å². The van der Waals surface area contributed by atoms with Crippen LogP contribution in [-0.4, -0.2) is 28.5 Å². The molecule has 1 aromatic heterocycles. The van der Waals surface area contributed by atoms with Crippen LogP contribution in [0.15, 0.2) is 85.1 Å². The quantitative estimate of drug-likeness (QED) is 0.594. The molecular weight excluding hydrogens is 358 g/mol. The third kappa shape index (κ3) is 5.23. The third-order valence-electron chi connectivity index (χ3n) is 5.42. The highest BCUT2D eigenvalue weighted by Crippen LogP contribution is 2.29. The molecule has 4 rings (SSSR count). The lowest BCUT2D eigenvalue weighted by molar-refractivity contribution is 0.191. The minimum atomic E-state index is 0.0121. The van der Waals surface area contributed by atoms with Gasteiger partial charge in [0.1, 0.15) is 0 Å². The van der Waals surface area contributed by atoms with Crippen molar-refractivity contribution in [1.82, 2.24) is 15.2 Å². The number of rotatable bonds is 8. The Balaban J connectivity index is 1.39. The van der Waals surface area contributed by atoms with Gasteiger partial charge >= 0.3 is 6.03 Å². The number of nitrogens with zero attached hydrogens (tertiary/aromatic N) is 2. The van der Waals surface area contributed by atoms with Crippen LogP contribution in [0.25, 0.3) is 0 Å². The number of pyridine rings is 1.